The van der Waals surface area contributed by atoms with Crippen molar-refractivity contribution in [3.63, 3.8) is 0 Å². The fourth-order valence-corrected chi connectivity index (χ4v) is 3.59. The molecule has 1 aliphatic heterocycles. The maximum atomic E-state index is 5.81. The highest BCUT2D eigenvalue weighted by Gasteiger charge is 2.13. The summed E-state index contributed by atoms with van der Waals surface area (Å²) in [7, 11) is 1.81. The van der Waals surface area contributed by atoms with E-state index in [1.807, 2.05) is 7.05 Å². The Morgan fingerprint density at radius 3 is 2.89 bits per heavy atom. The molecule has 1 aromatic heterocycles. The number of benzene rings is 1. The number of hydrogen-bond donors (Lipinski definition) is 3. The topological polar surface area (TPSA) is 70.7 Å². The first kappa shape index (κ1) is 20.7. The second kappa shape index (κ2) is 11.1. The minimum absolute atomic E-state index is 0.671. The third-order valence-corrected chi connectivity index (χ3v) is 5.29. The van der Waals surface area contributed by atoms with Gasteiger partial charge in [0.15, 0.2) is 5.96 Å². The van der Waals surface area contributed by atoms with Crippen molar-refractivity contribution in [1.29, 1.82) is 0 Å². The van der Waals surface area contributed by atoms with Crippen LogP contribution in [0.25, 0.3) is 10.9 Å². The van der Waals surface area contributed by atoms with Crippen LogP contribution in [0.4, 0.5) is 0 Å². The van der Waals surface area contributed by atoms with Crippen molar-refractivity contribution in [2.24, 2.45) is 10.9 Å². The lowest BCUT2D eigenvalue weighted by Gasteiger charge is -2.21. The number of aryl methyl sites for hydroxylation is 1. The summed E-state index contributed by atoms with van der Waals surface area (Å²) in [6, 6.07) is 6.55. The Hall–Kier alpha value is -2.05. The zero-order valence-electron chi connectivity index (χ0n) is 17.2. The Kier molecular flexibility index (Phi) is 8.18. The van der Waals surface area contributed by atoms with Crippen LogP contribution >= 0.6 is 0 Å². The predicted octanol–water partition coefficient (Wildman–Crippen LogP) is 3.02. The number of aromatic amines is 1. The Morgan fingerprint density at radius 2 is 2.07 bits per heavy atom. The SMILES string of the molecule is CN=C(NCCCOCC1CCOCC1)NCCc1c[nH]c2cc(C)ccc12. The van der Waals surface area contributed by atoms with Gasteiger partial charge in [-0.1, -0.05) is 12.1 Å². The van der Waals surface area contributed by atoms with Crippen LogP contribution in [0.3, 0.4) is 0 Å². The smallest absolute Gasteiger partial charge is 0.190 e. The standard InChI is InChI=1S/C22H34N4O2/c1-17-4-5-20-19(15-26-21(20)14-17)6-10-25-22(23-2)24-9-3-11-28-16-18-7-12-27-13-8-18/h4-5,14-15,18,26H,3,6-13,16H2,1-2H3,(H2,23,24,25). The van der Waals surface area contributed by atoms with Gasteiger partial charge in [0.2, 0.25) is 0 Å². The van der Waals surface area contributed by atoms with Gasteiger partial charge in [0.25, 0.3) is 0 Å². The molecule has 154 valence electrons. The van der Waals surface area contributed by atoms with Crippen LogP contribution in [0.2, 0.25) is 0 Å². The summed E-state index contributed by atoms with van der Waals surface area (Å²) in [5.41, 5.74) is 3.82. The molecule has 0 spiro atoms. The molecule has 0 unspecified atom stereocenters. The second-order valence-corrected chi connectivity index (χ2v) is 7.52. The molecule has 1 saturated heterocycles. The van der Waals surface area contributed by atoms with Gasteiger partial charge in [0, 0.05) is 63.7 Å². The summed E-state index contributed by atoms with van der Waals surface area (Å²) in [5.74, 6) is 1.52. The molecule has 0 bridgehead atoms. The highest BCUT2D eigenvalue weighted by atomic mass is 16.5. The number of aromatic nitrogens is 1. The normalized spacial score (nSPS) is 15.9. The molecule has 0 radical (unpaired) electrons. The molecule has 0 aliphatic carbocycles. The summed E-state index contributed by atoms with van der Waals surface area (Å²) < 4.78 is 11.2. The number of fused-ring (bicyclic) bond motifs is 1. The quantitative estimate of drug-likeness (QED) is 0.352. The van der Waals surface area contributed by atoms with E-state index in [0.717, 1.165) is 71.2 Å². The van der Waals surface area contributed by atoms with Crippen molar-refractivity contribution < 1.29 is 9.47 Å². The Morgan fingerprint density at radius 1 is 1.25 bits per heavy atom. The van der Waals surface area contributed by atoms with Gasteiger partial charge < -0.3 is 25.1 Å². The van der Waals surface area contributed by atoms with Gasteiger partial charge in [0.05, 0.1) is 0 Å². The zero-order valence-corrected chi connectivity index (χ0v) is 17.2. The van der Waals surface area contributed by atoms with Crippen molar-refractivity contribution in [1.82, 2.24) is 15.6 Å². The number of rotatable bonds is 9. The van der Waals surface area contributed by atoms with Crippen molar-refractivity contribution in [2.45, 2.75) is 32.6 Å². The first-order chi connectivity index (χ1) is 13.8. The minimum Gasteiger partial charge on any atom is -0.381 e. The molecule has 0 saturated carbocycles. The van der Waals surface area contributed by atoms with E-state index in [4.69, 9.17) is 9.47 Å². The summed E-state index contributed by atoms with van der Waals surface area (Å²) in [6.07, 6.45) is 6.30. The Balaban J connectivity index is 1.29. The van der Waals surface area contributed by atoms with Gasteiger partial charge in [-0.3, -0.25) is 4.99 Å². The lowest BCUT2D eigenvalue weighted by molar-refractivity contribution is 0.0203. The number of nitrogens with one attached hydrogen (secondary N) is 3. The molecule has 3 rings (SSSR count). The minimum atomic E-state index is 0.671. The fourth-order valence-electron chi connectivity index (χ4n) is 3.59. The molecule has 6 nitrogen and oxygen atoms in total. The maximum Gasteiger partial charge on any atom is 0.190 e. The van der Waals surface area contributed by atoms with E-state index in [2.05, 4.69) is 51.9 Å². The van der Waals surface area contributed by atoms with Crippen LogP contribution in [0.15, 0.2) is 29.4 Å². The van der Waals surface area contributed by atoms with E-state index in [-0.39, 0.29) is 0 Å². The number of ether oxygens (including phenoxy) is 2. The van der Waals surface area contributed by atoms with E-state index in [9.17, 15) is 0 Å². The molecule has 1 aromatic carbocycles. The molecule has 2 heterocycles. The van der Waals surface area contributed by atoms with E-state index in [0.29, 0.717) is 5.92 Å². The van der Waals surface area contributed by atoms with Crippen molar-refractivity contribution in [3.8, 4) is 0 Å². The monoisotopic (exact) mass is 386 g/mol. The lowest BCUT2D eigenvalue weighted by atomic mass is 10.0. The first-order valence-electron chi connectivity index (χ1n) is 10.4. The van der Waals surface area contributed by atoms with E-state index in [1.54, 1.807) is 0 Å². The number of nitrogens with zero attached hydrogens (tertiary/aromatic N) is 1. The number of H-pyrrole nitrogens is 1. The predicted molar refractivity (Wildman–Crippen MR) is 115 cm³/mol. The third kappa shape index (κ3) is 6.24. The third-order valence-electron chi connectivity index (χ3n) is 5.29. The number of aliphatic imine (C=N–C) groups is 1. The molecule has 3 N–H and O–H groups in total. The van der Waals surface area contributed by atoms with Crippen LogP contribution in [0, 0.1) is 12.8 Å². The number of guanidine groups is 1. The Labute approximate surface area is 168 Å². The summed E-state index contributed by atoms with van der Waals surface area (Å²) in [5, 5.41) is 8.06. The van der Waals surface area contributed by atoms with Crippen molar-refractivity contribution in [3.05, 3.63) is 35.5 Å². The molecule has 1 aliphatic rings. The highest BCUT2D eigenvalue weighted by Crippen LogP contribution is 2.19. The van der Waals surface area contributed by atoms with Crippen molar-refractivity contribution in [2.75, 3.05) is 46.6 Å². The van der Waals surface area contributed by atoms with Crippen LogP contribution in [0.5, 0.6) is 0 Å². The van der Waals surface area contributed by atoms with E-state index in [1.165, 1.54) is 22.0 Å². The molecule has 2 aromatic rings. The summed E-state index contributed by atoms with van der Waals surface area (Å²) in [4.78, 5) is 7.67. The van der Waals surface area contributed by atoms with E-state index < -0.39 is 0 Å². The van der Waals surface area contributed by atoms with Crippen LogP contribution < -0.4 is 10.6 Å². The second-order valence-electron chi connectivity index (χ2n) is 7.52. The average Bonchev–Trinajstić information content (AvgIpc) is 3.12. The van der Waals surface area contributed by atoms with Crippen LogP contribution in [-0.2, 0) is 15.9 Å². The molecule has 0 amide bonds. The Bertz CT molecular complexity index is 750. The highest BCUT2D eigenvalue weighted by molar-refractivity contribution is 5.84. The molecule has 28 heavy (non-hydrogen) atoms. The van der Waals surface area contributed by atoms with E-state index >= 15 is 0 Å². The van der Waals surface area contributed by atoms with Gasteiger partial charge in [-0.05, 0) is 55.7 Å². The zero-order chi connectivity index (χ0) is 19.6. The van der Waals surface area contributed by atoms with Crippen LogP contribution in [-0.4, -0.2) is 57.5 Å². The molecule has 0 atom stereocenters. The number of hydrogen-bond acceptors (Lipinski definition) is 3. The largest absolute Gasteiger partial charge is 0.381 e. The van der Waals surface area contributed by atoms with Gasteiger partial charge >= 0.3 is 0 Å². The molecule has 1 fully saturated rings. The lowest BCUT2D eigenvalue weighted by Crippen LogP contribution is -2.39. The van der Waals surface area contributed by atoms with Crippen LogP contribution in [0.1, 0.15) is 30.4 Å². The fraction of sp³-hybridized carbons (Fsp3) is 0.591. The average molecular weight is 387 g/mol. The summed E-state index contributed by atoms with van der Waals surface area (Å²) in [6.45, 7) is 7.25. The summed E-state index contributed by atoms with van der Waals surface area (Å²) >= 11 is 0. The maximum absolute atomic E-state index is 5.81. The van der Waals surface area contributed by atoms with Gasteiger partial charge in [-0.15, -0.1) is 0 Å². The van der Waals surface area contributed by atoms with Gasteiger partial charge in [-0.2, -0.15) is 0 Å². The first-order valence-corrected chi connectivity index (χ1v) is 10.4. The molecule has 6 heteroatoms. The van der Waals surface area contributed by atoms with Gasteiger partial charge in [0.1, 0.15) is 0 Å². The van der Waals surface area contributed by atoms with Gasteiger partial charge in [-0.25, -0.2) is 0 Å². The van der Waals surface area contributed by atoms with Crippen molar-refractivity contribution >= 4 is 16.9 Å². The molecular weight excluding hydrogens is 352 g/mol. The molecular formula is C22H34N4O2.